The van der Waals surface area contributed by atoms with Gasteiger partial charge < -0.3 is 5.32 Å². The fourth-order valence-corrected chi connectivity index (χ4v) is 2.92. The Morgan fingerprint density at radius 2 is 2.00 bits per heavy atom. The Kier molecular flexibility index (Phi) is 6.12. The van der Waals surface area contributed by atoms with E-state index >= 15 is 0 Å². The summed E-state index contributed by atoms with van der Waals surface area (Å²) in [5.41, 5.74) is 3.06. The lowest BCUT2D eigenvalue weighted by atomic mass is 9.97. The topological polar surface area (TPSA) is 12.0 Å². The quantitative estimate of drug-likeness (QED) is 0.738. The van der Waals surface area contributed by atoms with Crippen molar-refractivity contribution in [3.05, 3.63) is 46.0 Å². The van der Waals surface area contributed by atoms with E-state index in [0.717, 1.165) is 17.4 Å². The molecule has 1 aliphatic carbocycles. The number of nitrogens with one attached hydrogen (secondary N) is 1. The fraction of sp³-hybridized carbons (Fsp3) is 0.529. The third-order valence-electron chi connectivity index (χ3n) is 3.78. The van der Waals surface area contributed by atoms with Crippen LogP contribution in [0.1, 0.15) is 44.6 Å². The summed E-state index contributed by atoms with van der Waals surface area (Å²) in [7, 11) is 0. The highest BCUT2D eigenvalue weighted by molar-refractivity contribution is 9.10. The molecule has 0 amide bonds. The third kappa shape index (κ3) is 5.50. The summed E-state index contributed by atoms with van der Waals surface area (Å²) < 4.78 is 1.15. The van der Waals surface area contributed by atoms with Gasteiger partial charge in [0.1, 0.15) is 0 Å². The monoisotopic (exact) mass is 321 g/mol. The lowest BCUT2D eigenvalue weighted by molar-refractivity contribution is 0.539. The van der Waals surface area contributed by atoms with Crippen molar-refractivity contribution in [3.8, 4) is 0 Å². The number of hydrogen-bond acceptors (Lipinski definition) is 1. The first-order chi connectivity index (χ1) is 9.24. The lowest BCUT2D eigenvalue weighted by Crippen LogP contribution is -2.29. The van der Waals surface area contributed by atoms with Crippen LogP contribution in [0.2, 0.25) is 0 Å². The van der Waals surface area contributed by atoms with Crippen LogP contribution in [0, 0.1) is 0 Å². The van der Waals surface area contributed by atoms with Gasteiger partial charge in [-0.25, -0.2) is 0 Å². The second kappa shape index (κ2) is 7.86. The summed E-state index contributed by atoms with van der Waals surface area (Å²) in [4.78, 5) is 0. The molecular formula is C17H24BrN. The zero-order valence-electron chi connectivity index (χ0n) is 11.8. The molecule has 0 saturated heterocycles. The number of rotatable bonds is 6. The summed E-state index contributed by atoms with van der Waals surface area (Å²) in [6.45, 7) is 3.39. The molecule has 2 heteroatoms. The molecule has 19 heavy (non-hydrogen) atoms. The Labute approximate surface area is 125 Å². The first-order valence-corrected chi connectivity index (χ1v) is 8.19. The van der Waals surface area contributed by atoms with E-state index in [4.69, 9.17) is 0 Å². The highest BCUT2D eigenvalue weighted by Crippen LogP contribution is 2.19. The van der Waals surface area contributed by atoms with Gasteiger partial charge in [0.15, 0.2) is 0 Å². The maximum absolute atomic E-state index is 3.64. The first-order valence-electron chi connectivity index (χ1n) is 7.40. The molecule has 2 rings (SSSR count). The maximum atomic E-state index is 3.64. The summed E-state index contributed by atoms with van der Waals surface area (Å²) in [5.74, 6) is 0. The van der Waals surface area contributed by atoms with E-state index in [0.29, 0.717) is 6.04 Å². The van der Waals surface area contributed by atoms with Crippen molar-refractivity contribution in [1.29, 1.82) is 0 Å². The Hall–Kier alpha value is -0.600. The van der Waals surface area contributed by atoms with Crippen molar-refractivity contribution in [1.82, 2.24) is 5.32 Å². The molecule has 1 atom stereocenters. The van der Waals surface area contributed by atoms with Crippen LogP contribution < -0.4 is 5.32 Å². The Bertz CT molecular complexity index is 408. The standard InChI is InChI=1S/C17H24BrN/c1-14(13-16-7-9-17(18)10-8-16)19-12-11-15-5-3-2-4-6-15/h5,7-10,14,19H,2-4,6,11-13H2,1H3. The normalized spacial score (nSPS) is 17.1. The van der Waals surface area contributed by atoms with Crippen LogP contribution in [0.25, 0.3) is 0 Å². The van der Waals surface area contributed by atoms with Crippen molar-refractivity contribution in [2.24, 2.45) is 0 Å². The van der Waals surface area contributed by atoms with Gasteiger partial charge >= 0.3 is 0 Å². The van der Waals surface area contributed by atoms with Crippen LogP contribution in [0.15, 0.2) is 40.4 Å². The molecule has 0 bridgehead atoms. The van der Waals surface area contributed by atoms with Crippen molar-refractivity contribution >= 4 is 15.9 Å². The van der Waals surface area contributed by atoms with Crippen LogP contribution in [-0.4, -0.2) is 12.6 Å². The number of benzene rings is 1. The molecule has 0 heterocycles. The molecule has 0 aromatic heterocycles. The second-order valence-electron chi connectivity index (χ2n) is 5.54. The fourth-order valence-electron chi connectivity index (χ4n) is 2.66. The Morgan fingerprint density at radius 3 is 2.68 bits per heavy atom. The number of halogens is 1. The van der Waals surface area contributed by atoms with Gasteiger partial charge in [-0.05, 0) is 69.7 Å². The predicted molar refractivity (Wildman–Crippen MR) is 86.5 cm³/mol. The summed E-state index contributed by atoms with van der Waals surface area (Å²) in [6.07, 6.45) is 10.2. The van der Waals surface area contributed by atoms with E-state index in [1.54, 1.807) is 5.57 Å². The summed E-state index contributed by atoms with van der Waals surface area (Å²) in [6, 6.07) is 9.19. The summed E-state index contributed by atoms with van der Waals surface area (Å²) in [5, 5.41) is 3.64. The van der Waals surface area contributed by atoms with E-state index in [2.05, 4.69) is 58.5 Å². The van der Waals surface area contributed by atoms with Crippen molar-refractivity contribution in [2.45, 2.75) is 51.5 Å². The van der Waals surface area contributed by atoms with Gasteiger partial charge in [0, 0.05) is 10.5 Å². The molecule has 0 radical (unpaired) electrons. The van der Waals surface area contributed by atoms with E-state index in [1.807, 2.05) is 0 Å². The van der Waals surface area contributed by atoms with Gasteiger partial charge in [-0.1, -0.05) is 39.7 Å². The zero-order valence-corrected chi connectivity index (χ0v) is 13.4. The van der Waals surface area contributed by atoms with Crippen LogP contribution in [0.3, 0.4) is 0 Å². The average Bonchev–Trinajstić information content (AvgIpc) is 2.43. The number of hydrogen-bond donors (Lipinski definition) is 1. The van der Waals surface area contributed by atoms with Gasteiger partial charge in [-0.3, -0.25) is 0 Å². The molecule has 0 saturated carbocycles. The largest absolute Gasteiger partial charge is 0.314 e. The van der Waals surface area contributed by atoms with Gasteiger partial charge in [0.2, 0.25) is 0 Å². The van der Waals surface area contributed by atoms with Crippen LogP contribution in [-0.2, 0) is 6.42 Å². The Morgan fingerprint density at radius 1 is 1.21 bits per heavy atom. The highest BCUT2D eigenvalue weighted by atomic mass is 79.9. The van der Waals surface area contributed by atoms with Crippen molar-refractivity contribution in [2.75, 3.05) is 6.54 Å². The van der Waals surface area contributed by atoms with Crippen molar-refractivity contribution in [3.63, 3.8) is 0 Å². The molecule has 1 nitrogen and oxygen atoms in total. The smallest absolute Gasteiger partial charge is 0.0175 e. The molecule has 0 spiro atoms. The summed E-state index contributed by atoms with van der Waals surface area (Å²) >= 11 is 3.48. The highest BCUT2D eigenvalue weighted by Gasteiger charge is 2.06. The minimum Gasteiger partial charge on any atom is -0.314 e. The molecular weight excluding hydrogens is 298 g/mol. The first kappa shape index (κ1) is 14.8. The second-order valence-corrected chi connectivity index (χ2v) is 6.46. The van der Waals surface area contributed by atoms with E-state index in [-0.39, 0.29) is 0 Å². The molecule has 1 aromatic carbocycles. The van der Waals surface area contributed by atoms with Crippen LogP contribution >= 0.6 is 15.9 Å². The molecule has 0 fully saturated rings. The molecule has 1 unspecified atom stereocenters. The van der Waals surface area contributed by atoms with Gasteiger partial charge in [0.05, 0.1) is 0 Å². The van der Waals surface area contributed by atoms with Gasteiger partial charge in [-0.2, -0.15) is 0 Å². The minimum absolute atomic E-state index is 0.547. The van der Waals surface area contributed by atoms with Gasteiger partial charge in [-0.15, -0.1) is 0 Å². The molecule has 0 aliphatic heterocycles. The Balaban J connectivity index is 1.68. The molecule has 1 N–H and O–H groups in total. The van der Waals surface area contributed by atoms with E-state index in [9.17, 15) is 0 Å². The molecule has 1 aromatic rings. The SMILES string of the molecule is CC(Cc1ccc(Br)cc1)NCCC1=CCCCC1. The molecule has 1 aliphatic rings. The van der Waals surface area contributed by atoms with Crippen molar-refractivity contribution < 1.29 is 0 Å². The van der Waals surface area contributed by atoms with Gasteiger partial charge in [0.25, 0.3) is 0 Å². The van der Waals surface area contributed by atoms with E-state index in [1.165, 1.54) is 37.7 Å². The molecule has 104 valence electrons. The van der Waals surface area contributed by atoms with Crippen LogP contribution in [0.4, 0.5) is 0 Å². The maximum Gasteiger partial charge on any atom is 0.0175 e. The zero-order chi connectivity index (χ0) is 13.5. The van der Waals surface area contributed by atoms with Crippen LogP contribution in [0.5, 0.6) is 0 Å². The lowest BCUT2D eigenvalue weighted by Gasteiger charge is -2.16. The predicted octanol–water partition coefficient (Wildman–Crippen LogP) is 4.86. The average molecular weight is 322 g/mol. The van der Waals surface area contributed by atoms with E-state index < -0.39 is 0 Å². The minimum atomic E-state index is 0.547. The number of allylic oxidation sites excluding steroid dienone is 1. The third-order valence-corrected chi connectivity index (χ3v) is 4.31.